The van der Waals surface area contributed by atoms with Gasteiger partial charge in [0.05, 0.1) is 11.7 Å². The monoisotopic (exact) mass is 389 g/mol. The van der Waals surface area contributed by atoms with Crippen molar-refractivity contribution in [2.45, 2.75) is 19.9 Å². The van der Waals surface area contributed by atoms with Gasteiger partial charge in [-0.15, -0.1) is 0 Å². The van der Waals surface area contributed by atoms with E-state index in [1.807, 2.05) is 49.1 Å². The number of carbonyl (C=O) groups is 1. The number of fused-ring (bicyclic) bond motifs is 1. The standard InChI is InChI=1S/C23H27N5O/c1-3-28(21-11-6-9-19-8-4-5-10-20(19)21)22(29)18(2)26-14-16-27(17-15-26)23-24-12-7-13-25-23/h4-13,18H,3,14-17H2,1-2H3/t18-/m0/s1. The Morgan fingerprint density at radius 3 is 2.41 bits per heavy atom. The van der Waals surface area contributed by atoms with Crippen LogP contribution in [-0.2, 0) is 4.79 Å². The van der Waals surface area contributed by atoms with E-state index >= 15 is 0 Å². The van der Waals surface area contributed by atoms with Gasteiger partial charge in [-0.25, -0.2) is 9.97 Å². The molecule has 1 saturated heterocycles. The number of nitrogens with zero attached hydrogens (tertiary/aromatic N) is 5. The number of carbonyl (C=O) groups excluding carboxylic acids is 1. The Kier molecular flexibility index (Phi) is 5.71. The van der Waals surface area contributed by atoms with Crippen LogP contribution in [-0.4, -0.2) is 59.5 Å². The lowest BCUT2D eigenvalue weighted by Gasteiger charge is -2.39. The van der Waals surface area contributed by atoms with Crippen molar-refractivity contribution >= 4 is 28.3 Å². The van der Waals surface area contributed by atoms with Crippen LogP contribution in [0.25, 0.3) is 10.8 Å². The molecule has 0 radical (unpaired) electrons. The number of hydrogen-bond acceptors (Lipinski definition) is 5. The van der Waals surface area contributed by atoms with Crippen LogP contribution in [0.4, 0.5) is 11.6 Å². The Balaban J connectivity index is 1.48. The maximum atomic E-state index is 13.4. The van der Waals surface area contributed by atoms with Gasteiger partial charge in [-0.3, -0.25) is 9.69 Å². The third-order valence-electron chi connectivity index (χ3n) is 5.69. The first-order valence-electron chi connectivity index (χ1n) is 10.2. The predicted octanol–water partition coefficient (Wildman–Crippen LogP) is 3.19. The Morgan fingerprint density at radius 2 is 1.69 bits per heavy atom. The predicted molar refractivity (Wildman–Crippen MR) is 117 cm³/mol. The molecule has 0 bridgehead atoms. The fraction of sp³-hybridized carbons (Fsp3) is 0.348. The molecule has 150 valence electrons. The third-order valence-corrected chi connectivity index (χ3v) is 5.69. The van der Waals surface area contributed by atoms with E-state index in [1.54, 1.807) is 12.4 Å². The van der Waals surface area contributed by atoms with Crippen LogP contribution >= 0.6 is 0 Å². The minimum Gasteiger partial charge on any atom is -0.338 e. The summed E-state index contributed by atoms with van der Waals surface area (Å²) in [4.78, 5) is 28.4. The highest BCUT2D eigenvalue weighted by atomic mass is 16.2. The van der Waals surface area contributed by atoms with Crippen LogP contribution in [0.2, 0.25) is 0 Å². The average Bonchev–Trinajstić information content (AvgIpc) is 2.80. The molecule has 0 saturated carbocycles. The van der Waals surface area contributed by atoms with Crippen LogP contribution in [0.5, 0.6) is 0 Å². The smallest absolute Gasteiger partial charge is 0.244 e. The maximum absolute atomic E-state index is 13.4. The Hall–Kier alpha value is -2.99. The molecule has 2 heterocycles. The minimum atomic E-state index is -0.173. The van der Waals surface area contributed by atoms with Crippen LogP contribution in [0, 0.1) is 0 Å². The van der Waals surface area contributed by atoms with Gasteiger partial charge in [-0.2, -0.15) is 0 Å². The van der Waals surface area contributed by atoms with Gasteiger partial charge in [0.2, 0.25) is 11.9 Å². The number of rotatable bonds is 5. The average molecular weight is 390 g/mol. The van der Waals surface area contributed by atoms with Gasteiger partial charge >= 0.3 is 0 Å². The summed E-state index contributed by atoms with van der Waals surface area (Å²) in [6.45, 7) is 7.98. The topological polar surface area (TPSA) is 52.6 Å². The van der Waals surface area contributed by atoms with Crippen LogP contribution in [0.15, 0.2) is 60.9 Å². The summed E-state index contributed by atoms with van der Waals surface area (Å²) in [7, 11) is 0. The van der Waals surface area contributed by atoms with E-state index in [4.69, 9.17) is 0 Å². The van der Waals surface area contributed by atoms with E-state index in [2.05, 4.69) is 38.0 Å². The highest BCUT2D eigenvalue weighted by Gasteiger charge is 2.30. The van der Waals surface area contributed by atoms with Gasteiger partial charge in [-0.05, 0) is 31.4 Å². The van der Waals surface area contributed by atoms with Crippen molar-refractivity contribution in [3.8, 4) is 0 Å². The minimum absolute atomic E-state index is 0.147. The van der Waals surface area contributed by atoms with Gasteiger partial charge in [0.25, 0.3) is 0 Å². The summed E-state index contributed by atoms with van der Waals surface area (Å²) in [5.41, 5.74) is 0.985. The van der Waals surface area contributed by atoms with E-state index in [0.717, 1.165) is 48.6 Å². The first-order chi connectivity index (χ1) is 14.2. The molecule has 3 aromatic rings. The van der Waals surface area contributed by atoms with Crippen molar-refractivity contribution in [1.82, 2.24) is 14.9 Å². The lowest BCUT2D eigenvalue weighted by molar-refractivity contribution is -0.123. The zero-order valence-corrected chi connectivity index (χ0v) is 17.0. The zero-order valence-electron chi connectivity index (χ0n) is 17.0. The Bertz CT molecular complexity index is 964. The molecule has 4 rings (SSSR count). The third kappa shape index (κ3) is 3.93. The van der Waals surface area contributed by atoms with Crippen LogP contribution in [0.3, 0.4) is 0 Å². The molecule has 6 heteroatoms. The largest absolute Gasteiger partial charge is 0.338 e. The molecule has 1 atom stereocenters. The van der Waals surface area contributed by atoms with Gasteiger partial charge < -0.3 is 9.80 Å². The van der Waals surface area contributed by atoms with Crippen molar-refractivity contribution in [1.29, 1.82) is 0 Å². The first kappa shape index (κ1) is 19.3. The zero-order chi connectivity index (χ0) is 20.2. The number of benzene rings is 2. The molecular weight excluding hydrogens is 362 g/mol. The van der Waals surface area contributed by atoms with Gasteiger partial charge in [0.15, 0.2) is 0 Å². The second kappa shape index (κ2) is 8.57. The molecule has 1 aromatic heterocycles. The van der Waals surface area contributed by atoms with E-state index in [1.165, 1.54) is 0 Å². The summed E-state index contributed by atoms with van der Waals surface area (Å²) >= 11 is 0. The van der Waals surface area contributed by atoms with Crippen molar-refractivity contribution < 1.29 is 4.79 Å². The molecule has 1 fully saturated rings. The van der Waals surface area contributed by atoms with Crippen molar-refractivity contribution in [3.05, 3.63) is 60.9 Å². The SMILES string of the molecule is CCN(C(=O)[C@H](C)N1CCN(c2ncccn2)CC1)c1cccc2ccccc12. The molecule has 1 aliphatic rings. The molecule has 0 aliphatic carbocycles. The second-order valence-electron chi connectivity index (χ2n) is 7.33. The van der Waals surface area contributed by atoms with Crippen LogP contribution in [0.1, 0.15) is 13.8 Å². The van der Waals surface area contributed by atoms with Crippen LogP contribution < -0.4 is 9.80 Å². The van der Waals surface area contributed by atoms with Gasteiger partial charge in [-0.1, -0.05) is 36.4 Å². The molecule has 2 aromatic carbocycles. The normalized spacial score (nSPS) is 16.0. The number of anilines is 2. The summed E-state index contributed by atoms with van der Waals surface area (Å²) in [5, 5.41) is 2.27. The molecule has 0 N–H and O–H groups in total. The van der Waals surface area contributed by atoms with Crippen molar-refractivity contribution in [3.63, 3.8) is 0 Å². The molecule has 0 unspecified atom stereocenters. The number of piperazine rings is 1. The Morgan fingerprint density at radius 1 is 1.00 bits per heavy atom. The van der Waals surface area contributed by atoms with Crippen molar-refractivity contribution in [2.75, 3.05) is 42.5 Å². The van der Waals surface area contributed by atoms with Gasteiger partial charge in [0, 0.05) is 50.5 Å². The van der Waals surface area contributed by atoms with Gasteiger partial charge in [0.1, 0.15) is 0 Å². The first-order valence-corrected chi connectivity index (χ1v) is 10.2. The summed E-state index contributed by atoms with van der Waals surface area (Å²) in [5.74, 6) is 0.908. The molecule has 1 aliphatic heterocycles. The number of hydrogen-bond donors (Lipinski definition) is 0. The molecule has 29 heavy (non-hydrogen) atoms. The fourth-order valence-electron chi connectivity index (χ4n) is 4.03. The molecular formula is C23H27N5O. The van der Waals surface area contributed by atoms with E-state index < -0.39 is 0 Å². The quantitative estimate of drug-likeness (QED) is 0.671. The summed E-state index contributed by atoms with van der Waals surface area (Å²) in [6.07, 6.45) is 3.54. The van der Waals surface area contributed by atoms with Crippen molar-refractivity contribution in [2.24, 2.45) is 0 Å². The molecule has 6 nitrogen and oxygen atoms in total. The second-order valence-corrected chi connectivity index (χ2v) is 7.33. The lowest BCUT2D eigenvalue weighted by Crippen LogP contribution is -2.55. The summed E-state index contributed by atoms with van der Waals surface area (Å²) < 4.78 is 0. The summed E-state index contributed by atoms with van der Waals surface area (Å²) in [6, 6.07) is 16.0. The Labute approximate surface area is 171 Å². The molecule has 0 spiro atoms. The highest BCUT2D eigenvalue weighted by molar-refractivity contribution is 6.05. The van der Waals surface area contributed by atoms with E-state index in [9.17, 15) is 4.79 Å². The van der Waals surface area contributed by atoms with E-state index in [0.29, 0.717) is 6.54 Å². The number of amides is 1. The fourth-order valence-corrected chi connectivity index (χ4v) is 4.03. The molecule has 1 amide bonds. The van der Waals surface area contributed by atoms with E-state index in [-0.39, 0.29) is 11.9 Å². The highest BCUT2D eigenvalue weighted by Crippen LogP contribution is 2.27. The number of likely N-dealkylation sites (N-methyl/N-ethyl adjacent to an activating group) is 1. The maximum Gasteiger partial charge on any atom is 0.244 e. The lowest BCUT2D eigenvalue weighted by atomic mass is 10.1. The number of aromatic nitrogens is 2.